The van der Waals surface area contributed by atoms with Gasteiger partial charge in [0.05, 0.1) is 5.69 Å². The summed E-state index contributed by atoms with van der Waals surface area (Å²) in [7, 11) is 1.75. The van der Waals surface area contributed by atoms with Crippen molar-refractivity contribution in [2.24, 2.45) is 4.99 Å². The van der Waals surface area contributed by atoms with Crippen LogP contribution in [0.15, 0.2) is 47.7 Å². The number of carbonyl (C=O) groups is 1. The number of hydrogen-bond donors (Lipinski definition) is 2. The van der Waals surface area contributed by atoms with E-state index in [4.69, 9.17) is 4.74 Å². The third-order valence-electron chi connectivity index (χ3n) is 4.30. The number of benzene rings is 1. The van der Waals surface area contributed by atoms with E-state index in [-0.39, 0.29) is 36.5 Å². The van der Waals surface area contributed by atoms with Crippen LogP contribution in [-0.2, 0) is 11.3 Å². The van der Waals surface area contributed by atoms with Crippen LogP contribution in [-0.4, -0.2) is 54.9 Å². The predicted octanol–water partition coefficient (Wildman–Crippen LogP) is 1.87. The molecule has 1 aliphatic heterocycles. The standard InChI is InChI=1S/C19H26N6O2.HI/c1-20-19(21-9-4-12-24-13-6-11-23-24)22-10-5-14-25-16-7-2-3-8-17(16)27-15-18(25)26;/h2-3,6-8,11,13H,4-5,9-10,12,14-15H2,1H3,(H2,20,21,22);1H. The maximum Gasteiger partial charge on any atom is 0.265 e. The number of aliphatic imine (C=N–C) groups is 1. The number of aromatic nitrogens is 2. The highest BCUT2D eigenvalue weighted by Crippen LogP contribution is 2.31. The van der Waals surface area contributed by atoms with Crippen molar-refractivity contribution >= 4 is 41.5 Å². The average molecular weight is 498 g/mol. The minimum atomic E-state index is -0.00479. The van der Waals surface area contributed by atoms with Gasteiger partial charge in [0.15, 0.2) is 12.6 Å². The summed E-state index contributed by atoms with van der Waals surface area (Å²) < 4.78 is 7.38. The Kier molecular flexibility index (Phi) is 9.05. The summed E-state index contributed by atoms with van der Waals surface area (Å²) in [6.07, 6.45) is 5.51. The fourth-order valence-corrected chi connectivity index (χ4v) is 2.94. The van der Waals surface area contributed by atoms with E-state index in [1.807, 2.05) is 41.2 Å². The van der Waals surface area contributed by atoms with Crippen molar-refractivity contribution in [2.75, 3.05) is 38.2 Å². The van der Waals surface area contributed by atoms with Crippen molar-refractivity contribution in [1.29, 1.82) is 0 Å². The molecule has 1 aromatic carbocycles. The molecule has 1 aromatic heterocycles. The van der Waals surface area contributed by atoms with Crippen molar-refractivity contribution in [3.8, 4) is 5.75 Å². The van der Waals surface area contributed by atoms with Crippen LogP contribution >= 0.6 is 24.0 Å². The SMILES string of the molecule is CN=C(NCCCN1C(=O)COc2ccccc21)NCCCn1cccn1.I. The van der Waals surface area contributed by atoms with E-state index in [0.29, 0.717) is 6.54 Å². The summed E-state index contributed by atoms with van der Waals surface area (Å²) >= 11 is 0. The lowest BCUT2D eigenvalue weighted by atomic mass is 10.2. The zero-order valence-electron chi connectivity index (χ0n) is 16.0. The van der Waals surface area contributed by atoms with Crippen molar-refractivity contribution in [1.82, 2.24) is 20.4 Å². The number of para-hydroxylation sites is 2. The zero-order chi connectivity index (χ0) is 18.9. The smallest absolute Gasteiger partial charge is 0.265 e. The predicted molar refractivity (Wildman–Crippen MR) is 121 cm³/mol. The molecule has 28 heavy (non-hydrogen) atoms. The van der Waals surface area contributed by atoms with E-state index in [0.717, 1.165) is 49.9 Å². The molecule has 0 aliphatic carbocycles. The van der Waals surface area contributed by atoms with Gasteiger partial charge in [0.2, 0.25) is 0 Å². The molecular formula is C19H27IN6O2. The molecule has 0 radical (unpaired) electrons. The number of fused-ring (bicyclic) bond motifs is 1. The first kappa shape index (κ1) is 22.0. The molecule has 152 valence electrons. The van der Waals surface area contributed by atoms with Gasteiger partial charge in [0, 0.05) is 45.6 Å². The van der Waals surface area contributed by atoms with Crippen LogP contribution in [0.25, 0.3) is 0 Å². The van der Waals surface area contributed by atoms with Gasteiger partial charge in [-0.05, 0) is 31.0 Å². The first-order valence-electron chi connectivity index (χ1n) is 9.22. The minimum absolute atomic E-state index is 0. The van der Waals surface area contributed by atoms with E-state index in [9.17, 15) is 4.79 Å². The quantitative estimate of drug-likeness (QED) is 0.251. The second-order valence-electron chi connectivity index (χ2n) is 6.20. The van der Waals surface area contributed by atoms with Gasteiger partial charge in [0.1, 0.15) is 5.75 Å². The Hall–Kier alpha value is -2.30. The largest absolute Gasteiger partial charge is 0.482 e. The van der Waals surface area contributed by atoms with E-state index in [2.05, 4.69) is 20.7 Å². The van der Waals surface area contributed by atoms with Gasteiger partial charge in [-0.15, -0.1) is 24.0 Å². The highest BCUT2D eigenvalue weighted by Gasteiger charge is 2.24. The number of guanidine groups is 1. The van der Waals surface area contributed by atoms with Crippen LogP contribution in [0.3, 0.4) is 0 Å². The maximum absolute atomic E-state index is 12.2. The third-order valence-corrected chi connectivity index (χ3v) is 4.30. The van der Waals surface area contributed by atoms with E-state index >= 15 is 0 Å². The lowest BCUT2D eigenvalue weighted by molar-refractivity contribution is -0.121. The van der Waals surface area contributed by atoms with Crippen LogP contribution in [0.1, 0.15) is 12.8 Å². The molecule has 3 rings (SSSR count). The Morgan fingerprint density at radius 3 is 2.64 bits per heavy atom. The Morgan fingerprint density at radius 2 is 1.93 bits per heavy atom. The number of carbonyl (C=O) groups excluding carboxylic acids is 1. The summed E-state index contributed by atoms with van der Waals surface area (Å²) in [5.41, 5.74) is 0.842. The first-order valence-corrected chi connectivity index (χ1v) is 9.22. The fourth-order valence-electron chi connectivity index (χ4n) is 2.94. The number of halogens is 1. The highest BCUT2D eigenvalue weighted by atomic mass is 127. The molecular weight excluding hydrogens is 471 g/mol. The molecule has 2 aromatic rings. The maximum atomic E-state index is 12.2. The Balaban J connectivity index is 0.00000280. The van der Waals surface area contributed by atoms with Crippen LogP contribution in [0.5, 0.6) is 5.75 Å². The normalized spacial score (nSPS) is 13.4. The Morgan fingerprint density at radius 1 is 1.18 bits per heavy atom. The lowest BCUT2D eigenvalue weighted by Crippen LogP contribution is -2.42. The highest BCUT2D eigenvalue weighted by molar-refractivity contribution is 14.0. The van der Waals surface area contributed by atoms with Crippen LogP contribution in [0, 0.1) is 0 Å². The second-order valence-corrected chi connectivity index (χ2v) is 6.20. The molecule has 1 amide bonds. The number of rotatable bonds is 8. The molecule has 8 nitrogen and oxygen atoms in total. The number of anilines is 1. The summed E-state index contributed by atoms with van der Waals surface area (Å²) in [6.45, 7) is 3.16. The van der Waals surface area contributed by atoms with Crippen LogP contribution in [0.2, 0.25) is 0 Å². The van der Waals surface area contributed by atoms with Crippen molar-refractivity contribution in [3.63, 3.8) is 0 Å². The molecule has 0 saturated heterocycles. The zero-order valence-corrected chi connectivity index (χ0v) is 18.3. The van der Waals surface area contributed by atoms with Gasteiger partial charge in [-0.1, -0.05) is 12.1 Å². The molecule has 9 heteroatoms. The van der Waals surface area contributed by atoms with Gasteiger partial charge in [-0.25, -0.2) is 0 Å². The molecule has 1 aliphatic rings. The summed E-state index contributed by atoms with van der Waals surface area (Å²) in [5.74, 6) is 1.53. The number of ether oxygens (including phenoxy) is 1. The second kappa shape index (κ2) is 11.5. The summed E-state index contributed by atoms with van der Waals surface area (Å²) in [6, 6.07) is 9.56. The van der Waals surface area contributed by atoms with Gasteiger partial charge in [0.25, 0.3) is 5.91 Å². The molecule has 0 unspecified atom stereocenters. The van der Waals surface area contributed by atoms with Crippen LogP contribution in [0.4, 0.5) is 5.69 Å². The topological polar surface area (TPSA) is 83.8 Å². The molecule has 0 spiro atoms. The van der Waals surface area contributed by atoms with Crippen molar-refractivity contribution in [2.45, 2.75) is 19.4 Å². The van der Waals surface area contributed by atoms with Gasteiger partial charge in [-0.3, -0.25) is 14.5 Å². The first-order chi connectivity index (χ1) is 13.3. The number of nitrogens with one attached hydrogen (secondary N) is 2. The number of nitrogens with zero attached hydrogens (tertiary/aromatic N) is 4. The minimum Gasteiger partial charge on any atom is -0.482 e. The van der Waals surface area contributed by atoms with Crippen molar-refractivity contribution < 1.29 is 9.53 Å². The van der Waals surface area contributed by atoms with Gasteiger partial charge in [-0.2, -0.15) is 5.10 Å². The monoisotopic (exact) mass is 498 g/mol. The van der Waals surface area contributed by atoms with E-state index in [1.54, 1.807) is 18.1 Å². The van der Waals surface area contributed by atoms with Crippen LogP contribution < -0.4 is 20.3 Å². The molecule has 0 bridgehead atoms. The molecule has 2 N–H and O–H groups in total. The number of hydrogen-bond acceptors (Lipinski definition) is 4. The van der Waals surface area contributed by atoms with E-state index < -0.39 is 0 Å². The number of aryl methyl sites for hydroxylation is 1. The number of amides is 1. The molecule has 0 atom stereocenters. The van der Waals surface area contributed by atoms with Crippen molar-refractivity contribution in [3.05, 3.63) is 42.7 Å². The van der Waals surface area contributed by atoms with E-state index in [1.165, 1.54) is 0 Å². The Labute approximate surface area is 182 Å². The fraction of sp³-hybridized carbons (Fsp3) is 0.421. The van der Waals surface area contributed by atoms with Gasteiger partial charge >= 0.3 is 0 Å². The molecule has 0 fully saturated rings. The molecule has 0 saturated carbocycles. The van der Waals surface area contributed by atoms with Gasteiger partial charge < -0.3 is 20.3 Å². The molecule has 2 heterocycles. The summed E-state index contributed by atoms with van der Waals surface area (Å²) in [4.78, 5) is 18.2. The third kappa shape index (κ3) is 6.11. The average Bonchev–Trinajstić information content (AvgIpc) is 3.21. The summed E-state index contributed by atoms with van der Waals surface area (Å²) in [5, 5.41) is 10.8. The Bertz CT molecular complexity index is 766. The lowest BCUT2D eigenvalue weighted by Gasteiger charge is -2.29.